The van der Waals surface area contributed by atoms with Crippen molar-refractivity contribution >= 4 is 15.9 Å². The Balaban J connectivity index is 1.46. The number of hydrogen-bond donors (Lipinski definition) is 0. The Morgan fingerprint density at radius 2 is 1.71 bits per heavy atom. The van der Waals surface area contributed by atoms with Crippen molar-refractivity contribution in [3.63, 3.8) is 0 Å². The van der Waals surface area contributed by atoms with Crippen molar-refractivity contribution in [2.45, 2.75) is 37.5 Å². The van der Waals surface area contributed by atoms with Crippen LogP contribution in [0.25, 0.3) is 0 Å². The number of sulfonamides is 1. The van der Waals surface area contributed by atoms with Crippen LogP contribution in [0.1, 0.15) is 32.6 Å². The summed E-state index contributed by atoms with van der Waals surface area (Å²) >= 11 is 0. The van der Waals surface area contributed by atoms with E-state index in [1.165, 1.54) is 28.6 Å². The van der Waals surface area contributed by atoms with Gasteiger partial charge in [0.25, 0.3) is 0 Å². The minimum Gasteiger partial charge on any atom is -0.340 e. The average Bonchev–Trinajstić information content (AvgIpc) is 2.72. The van der Waals surface area contributed by atoms with Gasteiger partial charge >= 0.3 is 0 Å². The molecule has 0 spiro atoms. The number of piperazine rings is 1. The molecule has 28 heavy (non-hydrogen) atoms. The van der Waals surface area contributed by atoms with Crippen molar-refractivity contribution in [1.29, 1.82) is 0 Å². The second-order valence-corrected chi connectivity index (χ2v) is 9.54. The number of amides is 1. The molecule has 0 bridgehead atoms. The number of piperidine rings is 1. The van der Waals surface area contributed by atoms with Crippen molar-refractivity contribution < 1.29 is 17.6 Å². The molecule has 2 heterocycles. The summed E-state index contributed by atoms with van der Waals surface area (Å²) in [7, 11) is -3.79. The van der Waals surface area contributed by atoms with Crippen molar-refractivity contribution in [2.24, 2.45) is 5.92 Å². The van der Waals surface area contributed by atoms with Crippen molar-refractivity contribution in [3.8, 4) is 0 Å². The molecule has 0 aliphatic carbocycles. The molecule has 1 aromatic rings. The van der Waals surface area contributed by atoms with Crippen LogP contribution in [0.3, 0.4) is 0 Å². The lowest BCUT2D eigenvalue weighted by Crippen LogP contribution is -2.48. The summed E-state index contributed by atoms with van der Waals surface area (Å²) in [5, 5.41) is 0. The maximum atomic E-state index is 13.9. The highest BCUT2D eigenvalue weighted by Crippen LogP contribution is 2.27. The number of hydrogen-bond acceptors (Lipinski definition) is 4. The molecule has 3 rings (SSSR count). The largest absolute Gasteiger partial charge is 0.340 e. The van der Waals surface area contributed by atoms with Crippen LogP contribution in [0.4, 0.5) is 4.39 Å². The van der Waals surface area contributed by atoms with E-state index < -0.39 is 15.8 Å². The molecule has 1 amide bonds. The van der Waals surface area contributed by atoms with E-state index in [0.717, 1.165) is 39.1 Å². The average molecular weight is 412 g/mol. The van der Waals surface area contributed by atoms with Crippen LogP contribution in [0.15, 0.2) is 29.2 Å². The minimum atomic E-state index is -3.79. The van der Waals surface area contributed by atoms with Gasteiger partial charge in [0.1, 0.15) is 10.7 Å². The van der Waals surface area contributed by atoms with Crippen LogP contribution in [0, 0.1) is 11.7 Å². The molecule has 2 aliphatic heterocycles. The Hall–Kier alpha value is -1.51. The van der Waals surface area contributed by atoms with Crippen molar-refractivity contribution in [1.82, 2.24) is 14.1 Å². The monoisotopic (exact) mass is 411 g/mol. The fourth-order valence-corrected chi connectivity index (χ4v) is 5.57. The van der Waals surface area contributed by atoms with E-state index in [-0.39, 0.29) is 10.8 Å². The van der Waals surface area contributed by atoms with Gasteiger partial charge in [-0.1, -0.05) is 19.1 Å². The third kappa shape index (κ3) is 4.90. The number of carbonyl (C=O) groups is 1. The summed E-state index contributed by atoms with van der Waals surface area (Å²) in [4.78, 5) is 16.5. The Morgan fingerprint density at radius 3 is 2.32 bits per heavy atom. The van der Waals surface area contributed by atoms with Crippen LogP contribution in [0.5, 0.6) is 0 Å². The van der Waals surface area contributed by atoms with Crippen LogP contribution < -0.4 is 0 Å². The molecule has 2 fully saturated rings. The summed E-state index contributed by atoms with van der Waals surface area (Å²) < 4.78 is 40.6. The lowest BCUT2D eigenvalue weighted by atomic mass is 9.93. The summed E-state index contributed by atoms with van der Waals surface area (Å²) in [5.41, 5.74) is 0. The zero-order valence-corrected chi connectivity index (χ0v) is 17.3. The zero-order valence-electron chi connectivity index (χ0n) is 16.5. The van der Waals surface area contributed by atoms with Gasteiger partial charge in [-0.2, -0.15) is 4.31 Å². The standard InChI is InChI=1S/C20H30FN3O3S/c1-2-22-13-15-23(16-14-22)20(25)8-7-17-9-11-24(12-10-17)28(26,27)19-6-4-3-5-18(19)21/h3-6,17H,2,7-16H2,1H3. The normalized spacial score (nSPS) is 20.4. The van der Waals surface area contributed by atoms with Crippen LogP contribution in [0.2, 0.25) is 0 Å². The smallest absolute Gasteiger partial charge is 0.245 e. The highest BCUT2D eigenvalue weighted by molar-refractivity contribution is 7.89. The maximum Gasteiger partial charge on any atom is 0.245 e. The Labute approximate surface area is 167 Å². The highest BCUT2D eigenvalue weighted by Gasteiger charge is 2.31. The molecule has 0 N–H and O–H groups in total. The van der Waals surface area contributed by atoms with Crippen molar-refractivity contribution in [2.75, 3.05) is 45.8 Å². The molecule has 2 aliphatic rings. The SMILES string of the molecule is CCN1CCN(C(=O)CCC2CCN(S(=O)(=O)c3ccccc3F)CC2)CC1. The Bertz CT molecular complexity index is 771. The van der Waals surface area contributed by atoms with Gasteiger partial charge in [0.2, 0.25) is 15.9 Å². The quantitative estimate of drug-likeness (QED) is 0.720. The van der Waals surface area contributed by atoms with Crippen molar-refractivity contribution in [3.05, 3.63) is 30.1 Å². The third-order valence-corrected chi connectivity index (χ3v) is 7.90. The van der Waals surface area contributed by atoms with E-state index in [0.29, 0.717) is 38.3 Å². The molecule has 2 saturated heterocycles. The molecule has 0 aromatic heterocycles. The number of halogens is 1. The molecule has 0 unspecified atom stereocenters. The fourth-order valence-electron chi connectivity index (χ4n) is 4.03. The van der Waals surface area contributed by atoms with E-state index in [2.05, 4.69) is 11.8 Å². The molecule has 6 nitrogen and oxygen atoms in total. The second-order valence-electron chi connectivity index (χ2n) is 7.63. The van der Waals surface area contributed by atoms with Gasteiger partial charge in [0, 0.05) is 45.7 Å². The zero-order chi connectivity index (χ0) is 20.1. The molecule has 0 saturated carbocycles. The topological polar surface area (TPSA) is 60.9 Å². The van der Waals surface area contributed by atoms with E-state index in [9.17, 15) is 17.6 Å². The van der Waals surface area contributed by atoms with Crippen LogP contribution in [-0.2, 0) is 14.8 Å². The van der Waals surface area contributed by atoms with Gasteiger partial charge in [-0.05, 0) is 43.9 Å². The Morgan fingerprint density at radius 1 is 1.07 bits per heavy atom. The van der Waals surface area contributed by atoms with Gasteiger partial charge in [-0.15, -0.1) is 0 Å². The minimum absolute atomic E-state index is 0.206. The van der Waals surface area contributed by atoms with Gasteiger partial charge in [0.15, 0.2) is 0 Å². The van der Waals surface area contributed by atoms with E-state index in [1.54, 1.807) is 0 Å². The lowest BCUT2D eigenvalue weighted by molar-refractivity contribution is -0.133. The molecular weight excluding hydrogens is 381 g/mol. The van der Waals surface area contributed by atoms with Gasteiger partial charge in [0.05, 0.1) is 0 Å². The highest BCUT2D eigenvalue weighted by atomic mass is 32.2. The first-order valence-corrected chi connectivity index (χ1v) is 11.6. The number of benzene rings is 1. The molecule has 1 aromatic carbocycles. The first-order chi connectivity index (χ1) is 13.4. The van der Waals surface area contributed by atoms with Gasteiger partial charge < -0.3 is 9.80 Å². The molecule has 156 valence electrons. The molecule has 0 atom stereocenters. The summed E-state index contributed by atoms with van der Waals surface area (Å²) in [6.07, 6.45) is 2.74. The summed E-state index contributed by atoms with van der Waals surface area (Å²) in [5.74, 6) is -0.163. The van der Waals surface area contributed by atoms with Crippen LogP contribution in [-0.4, -0.2) is 74.2 Å². The first kappa shape index (κ1) is 21.2. The first-order valence-electron chi connectivity index (χ1n) is 10.2. The summed E-state index contributed by atoms with van der Waals surface area (Å²) in [6.45, 7) is 7.39. The van der Waals surface area contributed by atoms with E-state index >= 15 is 0 Å². The maximum absolute atomic E-state index is 13.9. The molecule has 8 heteroatoms. The number of nitrogens with zero attached hydrogens (tertiary/aromatic N) is 3. The number of likely N-dealkylation sites (N-methyl/N-ethyl adjacent to an activating group) is 1. The predicted octanol–water partition coefficient (Wildman–Crippen LogP) is 2.17. The molecule has 0 radical (unpaired) electrons. The predicted molar refractivity (Wildman–Crippen MR) is 106 cm³/mol. The van der Waals surface area contributed by atoms with Gasteiger partial charge in [-0.3, -0.25) is 4.79 Å². The van der Waals surface area contributed by atoms with E-state index in [4.69, 9.17) is 0 Å². The third-order valence-electron chi connectivity index (χ3n) is 5.97. The lowest BCUT2D eigenvalue weighted by Gasteiger charge is -2.35. The summed E-state index contributed by atoms with van der Waals surface area (Å²) in [6, 6.07) is 5.51. The molecular formula is C20H30FN3O3S. The fraction of sp³-hybridized carbons (Fsp3) is 0.650. The number of carbonyl (C=O) groups excluding carboxylic acids is 1. The van der Waals surface area contributed by atoms with Gasteiger partial charge in [-0.25, -0.2) is 12.8 Å². The van der Waals surface area contributed by atoms with E-state index in [1.807, 2.05) is 4.90 Å². The number of rotatable bonds is 6. The Kier molecular flexibility index (Phi) is 7.06. The van der Waals surface area contributed by atoms with Crippen LogP contribution >= 0.6 is 0 Å². The second kappa shape index (κ2) is 9.33.